The van der Waals surface area contributed by atoms with Crippen LogP contribution in [0.15, 0.2) is 0 Å². The van der Waals surface area contributed by atoms with Crippen molar-refractivity contribution < 1.29 is 10.0 Å². The Morgan fingerprint density at radius 1 is 1.21 bits per heavy atom. The van der Waals surface area contributed by atoms with Gasteiger partial charge in [0.25, 0.3) is 0 Å². The Morgan fingerprint density at radius 2 is 1.93 bits per heavy atom. The van der Waals surface area contributed by atoms with Gasteiger partial charge < -0.3 is 5.11 Å². The predicted octanol–water partition coefficient (Wildman–Crippen LogP) is 1.74. The first kappa shape index (κ1) is 9.90. The smallest absolute Gasteiger partial charge is 0.241 e. The summed E-state index contributed by atoms with van der Waals surface area (Å²) in [4.78, 5) is 10.6. The summed E-state index contributed by atoms with van der Waals surface area (Å²) in [5.41, 5.74) is -0.986. The molecule has 0 unspecified atom stereocenters. The Balaban J connectivity index is 2.21. The van der Waals surface area contributed by atoms with Crippen LogP contribution in [0, 0.1) is 16.0 Å². The number of rotatable bonds is 1. The molecule has 0 amide bonds. The molecule has 4 heteroatoms. The molecule has 0 heterocycles. The van der Waals surface area contributed by atoms with Crippen molar-refractivity contribution in [3.8, 4) is 0 Å². The van der Waals surface area contributed by atoms with E-state index < -0.39 is 11.6 Å². The van der Waals surface area contributed by atoms with E-state index in [1.165, 1.54) is 0 Å². The van der Waals surface area contributed by atoms with E-state index in [1.807, 2.05) is 0 Å². The lowest BCUT2D eigenvalue weighted by molar-refractivity contribution is -0.554. The standard InChI is InChI=1S/C10H17NO3/c12-10-7-2-1-4-8(10)5-3-6-9(10)11(13)14/h8-9,12H,1-7H2/t8-,9+,10-/m1/s1. The van der Waals surface area contributed by atoms with Crippen molar-refractivity contribution in [2.24, 2.45) is 5.92 Å². The fourth-order valence-corrected chi connectivity index (χ4v) is 3.18. The SMILES string of the molecule is O=[N+]([O-])[C@H]1CCC[C@H]2CCCC[C@@]21O. The van der Waals surface area contributed by atoms with Crippen molar-refractivity contribution in [1.29, 1.82) is 0 Å². The number of fused-ring (bicyclic) bond motifs is 1. The molecule has 0 saturated heterocycles. The molecule has 1 N–H and O–H groups in total. The highest BCUT2D eigenvalue weighted by Gasteiger charge is 2.53. The second-order valence-corrected chi connectivity index (χ2v) is 4.67. The lowest BCUT2D eigenvalue weighted by Crippen LogP contribution is -2.56. The van der Waals surface area contributed by atoms with E-state index in [2.05, 4.69) is 0 Å². The molecule has 2 fully saturated rings. The van der Waals surface area contributed by atoms with Crippen LogP contribution >= 0.6 is 0 Å². The summed E-state index contributed by atoms with van der Waals surface area (Å²) >= 11 is 0. The van der Waals surface area contributed by atoms with E-state index in [0.717, 1.165) is 32.1 Å². The first-order valence-electron chi connectivity index (χ1n) is 5.50. The molecule has 14 heavy (non-hydrogen) atoms. The van der Waals surface area contributed by atoms with Crippen molar-refractivity contribution in [1.82, 2.24) is 0 Å². The molecule has 2 aliphatic rings. The lowest BCUT2D eigenvalue weighted by atomic mass is 9.65. The first-order chi connectivity index (χ1) is 6.64. The van der Waals surface area contributed by atoms with Gasteiger partial charge in [0.2, 0.25) is 6.04 Å². The van der Waals surface area contributed by atoms with E-state index in [0.29, 0.717) is 12.8 Å². The van der Waals surface area contributed by atoms with Crippen LogP contribution in [0.5, 0.6) is 0 Å². The van der Waals surface area contributed by atoms with Crippen LogP contribution in [0.2, 0.25) is 0 Å². The molecule has 4 nitrogen and oxygen atoms in total. The third-order valence-corrected chi connectivity index (χ3v) is 3.95. The number of hydrogen-bond donors (Lipinski definition) is 1. The Labute approximate surface area is 83.5 Å². The average Bonchev–Trinajstić information content (AvgIpc) is 2.15. The van der Waals surface area contributed by atoms with Gasteiger partial charge in [-0.2, -0.15) is 0 Å². The molecular formula is C10H17NO3. The molecule has 0 aromatic carbocycles. The molecule has 0 aromatic rings. The van der Waals surface area contributed by atoms with Crippen LogP contribution in [-0.4, -0.2) is 21.7 Å². The fourth-order valence-electron chi connectivity index (χ4n) is 3.18. The van der Waals surface area contributed by atoms with Crippen LogP contribution in [-0.2, 0) is 0 Å². The zero-order valence-corrected chi connectivity index (χ0v) is 8.32. The van der Waals surface area contributed by atoms with Gasteiger partial charge in [-0.3, -0.25) is 10.1 Å². The summed E-state index contributed by atoms with van der Waals surface area (Å²) in [7, 11) is 0. The van der Waals surface area contributed by atoms with Gasteiger partial charge in [0, 0.05) is 11.3 Å². The van der Waals surface area contributed by atoms with Crippen LogP contribution < -0.4 is 0 Å². The lowest BCUT2D eigenvalue weighted by Gasteiger charge is -2.44. The van der Waals surface area contributed by atoms with E-state index >= 15 is 0 Å². The molecule has 0 aromatic heterocycles. The van der Waals surface area contributed by atoms with Gasteiger partial charge in [-0.1, -0.05) is 12.8 Å². The second-order valence-electron chi connectivity index (χ2n) is 4.67. The minimum Gasteiger partial charge on any atom is -0.382 e. The summed E-state index contributed by atoms with van der Waals surface area (Å²) in [6.07, 6.45) is 6.10. The van der Waals surface area contributed by atoms with Gasteiger partial charge in [-0.15, -0.1) is 0 Å². The molecule has 2 saturated carbocycles. The Kier molecular flexibility index (Phi) is 2.47. The van der Waals surface area contributed by atoms with E-state index in [9.17, 15) is 15.2 Å². The van der Waals surface area contributed by atoms with Crippen molar-refractivity contribution in [2.45, 2.75) is 56.6 Å². The minimum absolute atomic E-state index is 0.181. The quantitative estimate of drug-likeness (QED) is 0.516. The maximum atomic E-state index is 10.9. The molecular weight excluding hydrogens is 182 g/mol. The van der Waals surface area contributed by atoms with E-state index in [-0.39, 0.29) is 10.8 Å². The van der Waals surface area contributed by atoms with Gasteiger partial charge in [-0.25, -0.2) is 0 Å². The van der Waals surface area contributed by atoms with Gasteiger partial charge in [0.15, 0.2) is 0 Å². The van der Waals surface area contributed by atoms with Crippen molar-refractivity contribution in [2.75, 3.05) is 0 Å². The maximum absolute atomic E-state index is 10.9. The summed E-state index contributed by atoms with van der Waals surface area (Å²) < 4.78 is 0. The zero-order chi connectivity index (χ0) is 10.2. The monoisotopic (exact) mass is 199 g/mol. The van der Waals surface area contributed by atoms with Crippen molar-refractivity contribution >= 4 is 0 Å². The second kappa shape index (κ2) is 3.50. The predicted molar refractivity (Wildman–Crippen MR) is 51.5 cm³/mol. The zero-order valence-electron chi connectivity index (χ0n) is 8.32. The summed E-state index contributed by atoms with van der Waals surface area (Å²) in [5, 5.41) is 21.2. The van der Waals surface area contributed by atoms with Crippen LogP contribution in [0.25, 0.3) is 0 Å². The molecule has 2 aliphatic carbocycles. The topological polar surface area (TPSA) is 63.4 Å². The average molecular weight is 199 g/mol. The third kappa shape index (κ3) is 1.41. The normalized spacial score (nSPS) is 42.9. The number of hydrogen-bond acceptors (Lipinski definition) is 3. The Hall–Kier alpha value is -0.640. The molecule has 0 aliphatic heterocycles. The largest absolute Gasteiger partial charge is 0.382 e. The molecule has 80 valence electrons. The number of nitrogens with zero attached hydrogens (tertiary/aromatic N) is 1. The Morgan fingerprint density at radius 3 is 2.64 bits per heavy atom. The van der Waals surface area contributed by atoms with Gasteiger partial charge in [-0.05, 0) is 31.6 Å². The van der Waals surface area contributed by atoms with Crippen molar-refractivity contribution in [3.63, 3.8) is 0 Å². The summed E-state index contributed by atoms with van der Waals surface area (Å²) in [5.74, 6) is 0.181. The highest BCUT2D eigenvalue weighted by Crippen LogP contribution is 2.44. The fraction of sp³-hybridized carbons (Fsp3) is 1.00. The van der Waals surface area contributed by atoms with Crippen LogP contribution in [0.4, 0.5) is 0 Å². The molecule has 0 bridgehead atoms. The molecule has 0 radical (unpaired) electrons. The van der Waals surface area contributed by atoms with Gasteiger partial charge in [0.1, 0.15) is 5.60 Å². The summed E-state index contributed by atoms with van der Waals surface area (Å²) in [6, 6.07) is -0.707. The van der Waals surface area contributed by atoms with Gasteiger partial charge in [0.05, 0.1) is 0 Å². The molecule has 0 spiro atoms. The Bertz CT molecular complexity index is 242. The number of nitro groups is 1. The van der Waals surface area contributed by atoms with E-state index in [4.69, 9.17) is 0 Å². The first-order valence-corrected chi connectivity index (χ1v) is 5.50. The van der Waals surface area contributed by atoms with Crippen LogP contribution in [0.3, 0.4) is 0 Å². The maximum Gasteiger partial charge on any atom is 0.241 e. The molecule has 3 atom stereocenters. The summed E-state index contributed by atoms with van der Waals surface area (Å²) in [6.45, 7) is 0. The highest BCUT2D eigenvalue weighted by atomic mass is 16.6. The van der Waals surface area contributed by atoms with E-state index in [1.54, 1.807) is 0 Å². The van der Waals surface area contributed by atoms with Crippen LogP contribution in [0.1, 0.15) is 44.9 Å². The molecule has 2 rings (SSSR count). The van der Waals surface area contributed by atoms with Gasteiger partial charge >= 0.3 is 0 Å². The minimum atomic E-state index is -0.986. The third-order valence-electron chi connectivity index (χ3n) is 3.95. The highest BCUT2D eigenvalue weighted by molar-refractivity contribution is 4.98. The van der Waals surface area contributed by atoms with Crippen molar-refractivity contribution in [3.05, 3.63) is 10.1 Å². The number of aliphatic hydroxyl groups is 1.